The Labute approximate surface area is 181 Å². The first-order valence-electron chi connectivity index (χ1n) is 11.9. The highest BCUT2D eigenvalue weighted by Crippen LogP contribution is 2.39. The van der Waals surface area contributed by atoms with Crippen molar-refractivity contribution in [3.05, 3.63) is 0 Å². The average Bonchev–Trinajstić information content (AvgIpc) is 2.73. The second kappa shape index (κ2) is 11.0. The summed E-state index contributed by atoms with van der Waals surface area (Å²) in [7, 11) is 1.97. The molecule has 176 valence electrons. The van der Waals surface area contributed by atoms with Crippen LogP contribution in [0, 0.1) is 23.7 Å². The number of hydrogen-bond acceptors (Lipinski definition) is 8. The van der Waals surface area contributed by atoms with E-state index in [1.165, 1.54) is 0 Å². The Kier molecular flexibility index (Phi) is 8.93. The minimum Gasteiger partial charge on any atom is -0.394 e. The van der Waals surface area contributed by atoms with Crippen LogP contribution >= 0.6 is 0 Å². The third kappa shape index (κ3) is 5.72. The van der Waals surface area contributed by atoms with E-state index in [9.17, 15) is 5.11 Å². The van der Waals surface area contributed by atoms with Gasteiger partial charge in [-0.2, -0.15) is 0 Å². The Bertz CT molecular complexity index is 527. The molecule has 0 amide bonds. The standard InChI is InChI=1S/C22H45N5O3/c1-12-21(26)15(6-14-5-13(10-23)3-4-18(14)25)7-19(22(12)27-2)30-20-9-16(24)8-17(11-28)29-20/h12-22,27-28H,3-11,23-26H2,1-2H3. The van der Waals surface area contributed by atoms with Crippen LogP contribution in [-0.4, -0.2) is 68.0 Å². The van der Waals surface area contributed by atoms with Gasteiger partial charge < -0.3 is 42.8 Å². The zero-order chi connectivity index (χ0) is 21.8. The third-order valence-electron chi connectivity index (χ3n) is 8.01. The number of aliphatic hydroxyl groups excluding tert-OH is 1. The van der Waals surface area contributed by atoms with E-state index in [2.05, 4.69) is 12.2 Å². The summed E-state index contributed by atoms with van der Waals surface area (Å²) < 4.78 is 12.4. The molecule has 0 spiro atoms. The van der Waals surface area contributed by atoms with Crippen molar-refractivity contribution in [1.82, 2.24) is 5.32 Å². The van der Waals surface area contributed by atoms with Crippen molar-refractivity contribution in [3.63, 3.8) is 0 Å². The van der Waals surface area contributed by atoms with Crippen molar-refractivity contribution < 1.29 is 14.6 Å². The van der Waals surface area contributed by atoms with E-state index in [1.807, 2.05) is 7.05 Å². The Morgan fingerprint density at radius 2 is 1.83 bits per heavy atom. The first kappa shape index (κ1) is 24.3. The second-order valence-electron chi connectivity index (χ2n) is 10.1. The molecule has 3 fully saturated rings. The van der Waals surface area contributed by atoms with Crippen molar-refractivity contribution >= 4 is 0 Å². The highest BCUT2D eigenvalue weighted by molar-refractivity contribution is 4.99. The summed E-state index contributed by atoms with van der Waals surface area (Å²) in [4.78, 5) is 0. The zero-order valence-electron chi connectivity index (χ0n) is 18.8. The van der Waals surface area contributed by atoms with Crippen LogP contribution in [0.2, 0.25) is 0 Å². The van der Waals surface area contributed by atoms with Crippen LogP contribution < -0.4 is 28.3 Å². The molecule has 11 atom stereocenters. The molecule has 1 aliphatic heterocycles. The van der Waals surface area contributed by atoms with Gasteiger partial charge in [0.2, 0.25) is 0 Å². The fraction of sp³-hybridized carbons (Fsp3) is 1.00. The first-order valence-corrected chi connectivity index (χ1v) is 11.9. The van der Waals surface area contributed by atoms with Gasteiger partial charge in [0.15, 0.2) is 6.29 Å². The molecule has 0 aromatic heterocycles. The van der Waals surface area contributed by atoms with Crippen LogP contribution in [0.3, 0.4) is 0 Å². The van der Waals surface area contributed by atoms with E-state index < -0.39 is 0 Å². The number of rotatable bonds is 7. The molecular formula is C22H45N5O3. The lowest BCUT2D eigenvalue weighted by Crippen LogP contribution is -2.59. The average molecular weight is 428 g/mol. The van der Waals surface area contributed by atoms with Crippen LogP contribution in [0.25, 0.3) is 0 Å². The molecule has 3 rings (SSSR count). The van der Waals surface area contributed by atoms with Crippen LogP contribution in [-0.2, 0) is 9.47 Å². The maximum absolute atomic E-state index is 9.51. The second-order valence-corrected chi connectivity index (χ2v) is 10.1. The van der Waals surface area contributed by atoms with Crippen molar-refractivity contribution in [3.8, 4) is 0 Å². The lowest BCUT2D eigenvalue weighted by molar-refractivity contribution is -0.236. The van der Waals surface area contributed by atoms with E-state index in [0.717, 1.165) is 38.6 Å². The predicted molar refractivity (Wildman–Crippen MR) is 118 cm³/mol. The SMILES string of the molecule is CNC1C(OC2CC(N)CC(CO)O2)CC(CC2CC(CN)CCC2N)C(N)C1C. The molecule has 10 N–H and O–H groups in total. The molecule has 2 saturated carbocycles. The quantitative estimate of drug-likeness (QED) is 0.328. The van der Waals surface area contributed by atoms with E-state index in [1.54, 1.807) is 0 Å². The summed E-state index contributed by atoms with van der Waals surface area (Å²) in [5, 5.41) is 12.9. The summed E-state index contributed by atoms with van der Waals surface area (Å²) >= 11 is 0. The summed E-state index contributed by atoms with van der Waals surface area (Å²) in [5.74, 6) is 1.68. The monoisotopic (exact) mass is 427 g/mol. The lowest BCUT2D eigenvalue weighted by Gasteiger charge is -2.48. The van der Waals surface area contributed by atoms with E-state index in [4.69, 9.17) is 32.4 Å². The maximum atomic E-state index is 9.51. The molecular weight excluding hydrogens is 382 g/mol. The van der Waals surface area contributed by atoms with Gasteiger partial charge in [-0.15, -0.1) is 0 Å². The van der Waals surface area contributed by atoms with Gasteiger partial charge in [-0.3, -0.25) is 0 Å². The summed E-state index contributed by atoms with van der Waals surface area (Å²) in [6.07, 6.45) is 5.90. The Balaban J connectivity index is 1.67. The maximum Gasteiger partial charge on any atom is 0.160 e. The Morgan fingerprint density at radius 1 is 1.07 bits per heavy atom. The number of ether oxygens (including phenoxy) is 2. The minimum atomic E-state index is -0.382. The van der Waals surface area contributed by atoms with Gasteiger partial charge >= 0.3 is 0 Å². The smallest absolute Gasteiger partial charge is 0.160 e. The number of nitrogens with two attached hydrogens (primary N) is 4. The molecule has 8 heteroatoms. The zero-order valence-corrected chi connectivity index (χ0v) is 18.8. The Morgan fingerprint density at radius 3 is 2.50 bits per heavy atom. The molecule has 8 nitrogen and oxygen atoms in total. The molecule has 3 aliphatic rings. The van der Waals surface area contributed by atoms with Crippen molar-refractivity contribution in [2.24, 2.45) is 46.6 Å². The molecule has 0 aromatic rings. The molecule has 11 unspecified atom stereocenters. The lowest BCUT2D eigenvalue weighted by atomic mass is 9.67. The van der Waals surface area contributed by atoms with Crippen molar-refractivity contribution in [2.45, 2.75) is 94.5 Å². The molecule has 2 aliphatic carbocycles. The molecule has 30 heavy (non-hydrogen) atoms. The van der Waals surface area contributed by atoms with Crippen LogP contribution in [0.5, 0.6) is 0 Å². The van der Waals surface area contributed by atoms with E-state index >= 15 is 0 Å². The Hall–Kier alpha value is -0.320. The number of aliphatic hydroxyl groups is 1. The minimum absolute atomic E-state index is 0.00503. The van der Waals surface area contributed by atoms with Gasteiger partial charge in [-0.1, -0.05) is 6.92 Å². The topological polar surface area (TPSA) is 155 Å². The highest BCUT2D eigenvalue weighted by Gasteiger charge is 2.44. The third-order valence-corrected chi connectivity index (χ3v) is 8.01. The first-order chi connectivity index (χ1) is 14.4. The van der Waals surface area contributed by atoms with Gasteiger partial charge in [0.1, 0.15) is 0 Å². The molecule has 1 saturated heterocycles. The number of hydrogen-bond donors (Lipinski definition) is 6. The normalized spacial score (nSPS) is 47.9. The van der Waals surface area contributed by atoms with Gasteiger partial charge in [0.25, 0.3) is 0 Å². The van der Waals surface area contributed by atoms with Gasteiger partial charge in [-0.05, 0) is 75.8 Å². The fourth-order valence-corrected chi connectivity index (χ4v) is 6.12. The molecule has 0 radical (unpaired) electrons. The number of likely N-dealkylation sites (N-methyl/N-ethyl adjacent to an activating group) is 1. The molecule has 1 heterocycles. The fourth-order valence-electron chi connectivity index (χ4n) is 6.12. The van der Waals surface area contributed by atoms with Crippen LogP contribution in [0.15, 0.2) is 0 Å². The van der Waals surface area contributed by atoms with Crippen molar-refractivity contribution in [1.29, 1.82) is 0 Å². The summed E-state index contributed by atoms with van der Waals surface area (Å²) in [6.45, 7) is 2.93. The summed E-state index contributed by atoms with van der Waals surface area (Å²) in [6, 6.07) is 0.484. The molecule has 0 bridgehead atoms. The van der Waals surface area contributed by atoms with Crippen LogP contribution in [0.1, 0.15) is 51.9 Å². The van der Waals surface area contributed by atoms with E-state index in [0.29, 0.717) is 30.6 Å². The highest BCUT2D eigenvalue weighted by atomic mass is 16.7. The predicted octanol–water partition coefficient (Wildman–Crippen LogP) is -0.140. The van der Waals surface area contributed by atoms with E-state index in [-0.39, 0.29) is 55.2 Å². The van der Waals surface area contributed by atoms with Gasteiger partial charge in [0, 0.05) is 30.6 Å². The van der Waals surface area contributed by atoms with Gasteiger partial charge in [0.05, 0.1) is 18.8 Å². The summed E-state index contributed by atoms with van der Waals surface area (Å²) in [5.41, 5.74) is 25.4. The van der Waals surface area contributed by atoms with Crippen LogP contribution in [0.4, 0.5) is 0 Å². The number of nitrogens with one attached hydrogen (secondary N) is 1. The molecule has 0 aromatic carbocycles. The van der Waals surface area contributed by atoms with Crippen molar-refractivity contribution in [2.75, 3.05) is 20.2 Å². The largest absolute Gasteiger partial charge is 0.394 e. The van der Waals surface area contributed by atoms with Gasteiger partial charge in [-0.25, -0.2) is 0 Å².